The van der Waals surface area contributed by atoms with Crippen molar-refractivity contribution in [3.05, 3.63) is 33.0 Å². The molecule has 0 spiro atoms. The molecule has 2 heterocycles. The number of hydrogen-bond acceptors (Lipinski definition) is 3. The van der Waals surface area contributed by atoms with Gasteiger partial charge >= 0.3 is 0 Å². The first-order valence-corrected chi connectivity index (χ1v) is 7.95. The molecule has 0 aliphatic carbocycles. The number of hydrogen-bond donors (Lipinski definition) is 2. The quantitative estimate of drug-likeness (QED) is 0.724. The van der Waals surface area contributed by atoms with E-state index in [2.05, 4.69) is 47.2 Å². The highest BCUT2D eigenvalue weighted by Gasteiger charge is 2.12. The number of fused-ring (bicyclic) bond motifs is 2. The van der Waals surface area contributed by atoms with Crippen LogP contribution in [0.3, 0.4) is 0 Å². The van der Waals surface area contributed by atoms with Gasteiger partial charge in [-0.1, -0.05) is 13.8 Å². The summed E-state index contributed by atoms with van der Waals surface area (Å²) < 4.78 is 2.75. The molecule has 0 aliphatic heterocycles. The van der Waals surface area contributed by atoms with Gasteiger partial charge in [-0.2, -0.15) is 0 Å². The lowest BCUT2D eigenvalue weighted by molar-refractivity contribution is 0.610. The Hall–Kier alpha value is -1.95. The van der Waals surface area contributed by atoms with Gasteiger partial charge in [-0.25, -0.2) is 4.98 Å². The molecular weight excluding hydrogens is 296 g/mol. The molecule has 0 fully saturated rings. The van der Waals surface area contributed by atoms with Crippen molar-refractivity contribution >= 4 is 34.3 Å². The van der Waals surface area contributed by atoms with E-state index in [0.717, 1.165) is 22.1 Å². The van der Waals surface area contributed by atoms with E-state index in [-0.39, 0.29) is 11.6 Å². The Morgan fingerprint density at radius 1 is 1.18 bits per heavy atom. The molecule has 116 valence electrons. The zero-order valence-electron chi connectivity index (χ0n) is 13.2. The maximum absolute atomic E-state index is 12.1. The lowest BCUT2D eigenvalue weighted by Gasteiger charge is -2.09. The molecule has 5 nitrogen and oxygen atoms in total. The first-order chi connectivity index (χ1) is 10.4. The van der Waals surface area contributed by atoms with Crippen LogP contribution in [0.25, 0.3) is 22.1 Å². The maximum Gasteiger partial charge on any atom is 0.270 e. The van der Waals surface area contributed by atoms with Crippen LogP contribution in [0.5, 0.6) is 0 Å². The van der Waals surface area contributed by atoms with Gasteiger partial charge in [0, 0.05) is 6.04 Å². The number of aromatic amines is 2. The second-order valence-electron chi connectivity index (χ2n) is 6.39. The van der Waals surface area contributed by atoms with E-state index >= 15 is 0 Å². The molecule has 0 saturated carbocycles. The molecule has 22 heavy (non-hydrogen) atoms. The molecular formula is C16H20N4OS. The van der Waals surface area contributed by atoms with Crippen molar-refractivity contribution < 1.29 is 0 Å². The molecule has 0 saturated heterocycles. The summed E-state index contributed by atoms with van der Waals surface area (Å²) in [6, 6.07) is 4.17. The first kappa shape index (κ1) is 15.0. The summed E-state index contributed by atoms with van der Waals surface area (Å²) in [6.07, 6.45) is 0.674. The Balaban J connectivity index is 2.32. The molecule has 3 rings (SSSR count). The maximum atomic E-state index is 12.1. The minimum Gasteiger partial charge on any atom is -0.330 e. The molecule has 1 aromatic carbocycles. The number of rotatable bonds is 3. The number of nitrogens with zero attached hydrogens (tertiary/aromatic N) is 2. The molecule has 0 amide bonds. The van der Waals surface area contributed by atoms with Crippen molar-refractivity contribution in [1.82, 2.24) is 19.5 Å². The second-order valence-corrected chi connectivity index (χ2v) is 6.78. The summed E-state index contributed by atoms with van der Waals surface area (Å²) in [4.78, 5) is 22.8. The van der Waals surface area contributed by atoms with Crippen LogP contribution in [0, 0.1) is 10.7 Å². The Kier molecular flexibility index (Phi) is 3.64. The Morgan fingerprint density at radius 3 is 2.55 bits per heavy atom. The molecule has 2 aromatic heterocycles. The SMILES string of the molecule is CC(C)Cc1nc2cc3c(cc2[nH]c1=O)[nH]c(=S)n3C(C)C. The lowest BCUT2D eigenvalue weighted by atomic mass is 10.1. The molecule has 0 aliphatic rings. The fourth-order valence-corrected chi connectivity index (χ4v) is 3.20. The Labute approximate surface area is 133 Å². The number of imidazole rings is 1. The largest absolute Gasteiger partial charge is 0.330 e. The van der Waals surface area contributed by atoms with E-state index in [1.54, 1.807) is 0 Å². The molecule has 0 bridgehead atoms. The van der Waals surface area contributed by atoms with Crippen molar-refractivity contribution in [3.8, 4) is 0 Å². The Morgan fingerprint density at radius 2 is 1.91 bits per heavy atom. The minimum atomic E-state index is -0.109. The second kappa shape index (κ2) is 5.35. The number of nitrogens with one attached hydrogen (secondary N) is 2. The van der Waals surface area contributed by atoms with Gasteiger partial charge in [-0.05, 0) is 50.5 Å². The zero-order valence-corrected chi connectivity index (χ0v) is 14.0. The van der Waals surface area contributed by atoms with Gasteiger partial charge in [0.15, 0.2) is 4.77 Å². The topological polar surface area (TPSA) is 66.5 Å². The van der Waals surface area contributed by atoms with Crippen LogP contribution in [0.15, 0.2) is 16.9 Å². The monoisotopic (exact) mass is 316 g/mol. The van der Waals surface area contributed by atoms with E-state index in [0.29, 0.717) is 22.8 Å². The summed E-state index contributed by atoms with van der Waals surface area (Å²) in [5.41, 5.74) is 3.95. The highest BCUT2D eigenvalue weighted by atomic mass is 32.1. The minimum absolute atomic E-state index is 0.109. The van der Waals surface area contributed by atoms with Gasteiger partial charge in [-0.15, -0.1) is 0 Å². The molecule has 3 aromatic rings. The fraction of sp³-hybridized carbons (Fsp3) is 0.438. The fourth-order valence-electron chi connectivity index (χ4n) is 2.78. The molecule has 0 radical (unpaired) electrons. The number of aromatic nitrogens is 4. The summed E-state index contributed by atoms with van der Waals surface area (Å²) in [7, 11) is 0. The van der Waals surface area contributed by atoms with Crippen molar-refractivity contribution in [3.63, 3.8) is 0 Å². The van der Waals surface area contributed by atoms with Crippen molar-refractivity contribution in [2.24, 2.45) is 5.92 Å². The van der Waals surface area contributed by atoms with Crippen molar-refractivity contribution in [2.45, 2.75) is 40.2 Å². The van der Waals surface area contributed by atoms with Gasteiger partial charge in [0.25, 0.3) is 5.56 Å². The predicted octanol–water partition coefficient (Wildman–Crippen LogP) is 3.71. The first-order valence-electron chi connectivity index (χ1n) is 7.54. The third-order valence-electron chi connectivity index (χ3n) is 3.72. The molecule has 0 unspecified atom stereocenters. The van der Waals surface area contributed by atoms with Crippen LogP contribution in [-0.4, -0.2) is 19.5 Å². The average molecular weight is 316 g/mol. The highest BCUT2D eigenvalue weighted by Crippen LogP contribution is 2.23. The van der Waals surface area contributed by atoms with Crippen LogP contribution >= 0.6 is 12.2 Å². The van der Waals surface area contributed by atoms with Crippen LogP contribution in [0.1, 0.15) is 39.4 Å². The van der Waals surface area contributed by atoms with Gasteiger partial charge < -0.3 is 14.5 Å². The Bertz CT molecular complexity index is 962. The van der Waals surface area contributed by atoms with E-state index in [9.17, 15) is 4.79 Å². The predicted molar refractivity (Wildman–Crippen MR) is 92.0 cm³/mol. The van der Waals surface area contributed by atoms with Crippen molar-refractivity contribution in [1.29, 1.82) is 0 Å². The van der Waals surface area contributed by atoms with Crippen LogP contribution in [-0.2, 0) is 6.42 Å². The zero-order chi connectivity index (χ0) is 16.0. The van der Waals surface area contributed by atoms with E-state index in [1.807, 2.05) is 12.1 Å². The summed E-state index contributed by atoms with van der Waals surface area (Å²) in [5, 5.41) is 0. The van der Waals surface area contributed by atoms with Crippen LogP contribution in [0.4, 0.5) is 0 Å². The third-order valence-corrected chi connectivity index (χ3v) is 4.02. The van der Waals surface area contributed by atoms with Gasteiger partial charge in [0.1, 0.15) is 5.69 Å². The lowest BCUT2D eigenvalue weighted by Crippen LogP contribution is -2.17. The van der Waals surface area contributed by atoms with Crippen molar-refractivity contribution in [2.75, 3.05) is 0 Å². The summed E-state index contributed by atoms with van der Waals surface area (Å²) in [5.74, 6) is 0.391. The normalized spacial score (nSPS) is 12.1. The smallest absolute Gasteiger partial charge is 0.270 e. The summed E-state index contributed by atoms with van der Waals surface area (Å²) in [6.45, 7) is 8.35. The molecule has 2 N–H and O–H groups in total. The van der Waals surface area contributed by atoms with E-state index in [4.69, 9.17) is 12.2 Å². The van der Waals surface area contributed by atoms with Gasteiger partial charge in [-0.3, -0.25) is 4.79 Å². The van der Waals surface area contributed by atoms with E-state index < -0.39 is 0 Å². The average Bonchev–Trinajstić information content (AvgIpc) is 2.71. The third kappa shape index (κ3) is 2.47. The standard InChI is InChI=1S/C16H20N4OS/c1-8(2)5-13-15(21)18-10-6-12-14(7-11(10)17-13)20(9(3)4)16(22)19-12/h6-9H,5H2,1-4H3,(H,18,21)(H,19,22). The van der Waals surface area contributed by atoms with Crippen LogP contribution < -0.4 is 5.56 Å². The van der Waals surface area contributed by atoms with Gasteiger partial charge in [0.05, 0.1) is 22.1 Å². The van der Waals surface area contributed by atoms with Crippen LogP contribution in [0.2, 0.25) is 0 Å². The number of H-pyrrole nitrogens is 2. The molecule has 0 atom stereocenters. The highest BCUT2D eigenvalue weighted by molar-refractivity contribution is 7.71. The summed E-state index contributed by atoms with van der Waals surface area (Å²) >= 11 is 5.39. The van der Waals surface area contributed by atoms with Gasteiger partial charge in [0.2, 0.25) is 0 Å². The number of benzene rings is 1. The van der Waals surface area contributed by atoms with E-state index in [1.165, 1.54) is 0 Å². The molecule has 6 heteroatoms.